The van der Waals surface area contributed by atoms with Gasteiger partial charge in [0.15, 0.2) is 5.16 Å². The van der Waals surface area contributed by atoms with Crippen molar-refractivity contribution in [2.24, 2.45) is 5.73 Å². The zero-order valence-electron chi connectivity index (χ0n) is 15.1. The summed E-state index contributed by atoms with van der Waals surface area (Å²) >= 11 is 0.634. The number of hydrogen-bond acceptors (Lipinski definition) is 8. The number of furan rings is 1. The summed E-state index contributed by atoms with van der Waals surface area (Å²) in [7, 11) is 0. The molecule has 0 fully saturated rings. The Bertz CT molecular complexity index is 945. The average Bonchev–Trinajstić information content (AvgIpc) is 2.95. The van der Waals surface area contributed by atoms with Crippen LogP contribution in [0.1, 0.15) is 39.1 Å². The molecular formula is C16H15F3N4O5S. The average molecular weight is 432 g/mol. The van der Waals surface area contributed by atoms with Crippen LogP contribution in [-0.4, -0.2) is 40.1 Å². The fourth-order valence-electron chi connectivity index (χ4n) is 2.18. The molecule has 0 unspecified atom stereocenters. The van der Waals surface area contributed by atoms with E-state index in [0.29, 0.717) is 17.8 Å². The molecule has 0 spiro atoms. The Hall–Kier alpha value is -3.09. The van der Waals surface area contributed by atoms with Crippen LogP contribution in [0.2, 0.25) is 0 Å². The first-order chi connectivity index (χ1) is 13.5. The summed E-state index contributed by atoms with van der Waals surface area (Å²) in [4.78, 5) is 42.8. The number of ether oxygens (including phenoxy) is 1. The summed E-state index contributed by atoms with van der Waals surface area (Å²) < 4.78 is 48.1. The smallest absolute Gasteiger partial charge is 0.433 e. The summed E-state index contributed by atoms with van der Waals surface area (Å²) in [6, 6.07) is 0.700. The SMILES string of the molecule is CCOC(=O)c1c(C)oc(NC(=O)CSc2nccc(C(F)(F)F)n2)c1C(N)=O. The van der Waals surface area contributed by atoms with Crippen LogP contribution in [0.5, 0.6) is 0 Å². The first-order valence-corrected chi connectivity index (χ1v) is 8.96. The fourth-order valence-corrected chi connectivity index (χ4v) is 2.81. The van der Waals surface area contributed by atoms with Crippen molar-refractivity contribution in [3.8, 4) is 0 Å². The second-order valence-electron chi connectivity index (χ2n) is 5.38. The lowest BCUT2D eigenvalue weighted by Gasteiger charge is -2.07. The van der Waals surface area contributed by atoms with Gasteiger partial charge in [-0.25, -0.2) is 14.8 Å². The number of thioether (sulfide) groups is 1. The Labute approximate surface area is 166 Å². The maximum atomic E-state index is 12.7. The number of nitrogens with two attached hydrogens (primary N) is 1. The molecule has 0 bridgehead atoms. The number of aromatic nitrogens is 2. The van der Waals surface area contributed by atoms with Gasteiger partial charge >= 0.3 is 12.1 Å². The molecule has 13 heteroatoms. The highest BCUT2D eigenvalue weighted by atomic mass is 32.2. The molecule has 0 aromatic carbocycles. The first-order valence-electron chi connectivity index (χ1n) is 7.97. The van der Waals surface area contributed by atoms with Gasteiger partial charge in [0.25, 0.3) is 5.91 Å². The van der Waals surface area contributed by atoms with Crippen molar-refractivity contribution in [1.29, 1.82) is 0 Å². The number of nitrogens with one attached hydrogen (secondary N) is 1. The Balaban J connectivity index is 2.14. The predicted octanol–water partition coefficient (Wildman–Crippen LogP) is 2.40. The maximum Gasteiger partial charge on any atom is 0.433 e. The first kappa shape index (κ1) is 22.2. The van der Waals surface area contributed by atoms with Crippen LogP contribution in [-0.2, 0) is 15.7 Å². The lowest BCUT2D eigenvalue weighted by Crippen LogP contribution is -2.21. The van der Waals surface area contributed by atoms with Crippen molar-refractivity contribution in [2.75, 3.05) is 17.7 Å². The number of rotatable bonds is 7. The Morgan fingerprint density at radius 3 is 2.59 bits per heavy atom. The number of nitrogens with zero attached hydrogens (tertiary/aromatic N) is 2. The lowest BCUT2D eigenvalue weighted by molar-refractivity contribution is -0.141. The van der Waals surface area contributed by atoms with Crippen LogP contribution in [0.4, 0.5) is 19.1 Å². The largest absolute Gasteiger partial charge is 0.462 e. The number of esters is 1. The van der Waals surface area contributed by atoms with Gasteiger partial charge in [-0.3, -0.25) is 14.9 Å². The molecule has 0 aliphatic heterocycles. The van der Waals surface area contributed by atoms with E-state index < -0.39 is 35.4 Å². The number of halogens is 3. The highest BCUT2D eigenvalue weighted by Crippen LogP contribution is 2.29. The van der Waals surface area contributed by atoms with E-state index in [2.05, 4.69) is 15.3 Å². The molecule has 9 nitrogen and oxygen atoms in total. The summed E-state index contributed by atoms with van der Waals surface area (Å²) in [5.74, 6) is -3.39. The van der Waals surface area contributed by atoms with E-state index >= 15 is 0 Å². The van der Waals surface area contributed by atoms with E-state index in [1.807, 2.05) is 0 Å². The molecule has 0 atom stereocenters. The third-order valence-corrected chi connectivity index (χ3v) is 4.18. The van der Waals surface area contributed by atoms with Crippen molar-refractivity contribution in [1.82, 2.24) is 9.97 Å². The minimum atomic E-state index is -4.65. The second kappa shape index (κ2) is 8.94. The van der Waals surface area contributed by atoms with Crippen LogP contribution in [0.25, 0.3) is 0 Å². The van der Waals surface area contributed by atoms with Gasteiger partial charge in [-0.1, -0.05) is 11.8 Å². The van der Waals surface area contributed by atoms with Crippen LogP contribution in [0, 0.1) is 6.92 Å². The van der Waals surface area contributed by atoms with Gasteiger partial charge in [0.1, 0.15) is 22.6 Å². The molecule has 2 rings (SSSR count). The van der Waals surface area contributed by atoms with Crippen molar-refractivity contribution in [3.63, 3.8) is 0 Å². The van der Waals surface area contributed by atoms with E-state index in [1.54, 1.807) is 6.92 Å². The van der Waals surface area contributed by atoms with Gasteiger partial charge in [-0.2, -0.15) is 13.2 Å². The molecule has 2 aromatic rings. The van der Waals surface area contributed by atoms with Gasteiger partial charge in [-0.05, 0) is 19.9 Å². The molecule has 156 valence electrons. The van der Waals surface area contributed by atoms with Gasteiger partial charge < -0.3 is 14.9 Å². The van der Waals surface area contributed by atoms with E-state index in [1.165, 1.54) is 6.92 Å². The third-order valence-electron chi connectivity index (χ3n) is 3.32. The molecule has 0 aliphatic rings. The Kier molecular flexibility index (Phi) is 6.84. The second-order valence-corrected chi connectivity index (χ2v) is 6.32. The fraction of sp³-hybridized carbons (Fsp3) is 0.312. The maximum absolute atomic E-state index is 12.7. The molecule has 2 aromatic heterocycles. The molecule has 2 heterocycles. The molecule has 29 heavy (non-hydrogen) atoms. The van der Waals surface area contributed by atoms with Crippen molar-refractivity contribution >= 4 is 35.4 Å². The summed E-state index contributed by atoms with van der Waals surface area (Å²) in [5, 5.41) is 1.98. The Morgan fingerprint density at radius 1 is 1.31 bits per heavy atom. The summed E-state index contributed by atoms with van der Waals surface area (Å²) in [5.41, 5.74) is 3.54. The predicted molar refractivity (Wildman–Crippen MR) is 94.3 cm³/mol. The van der Waals surface area contributed by atoms with E-state index in [-0.39, 0.29) is 34.5 Å². The molecule has 0 saturated heterocycles. The quantitative estimate of drug-likeness (QED) is 0.387. The third kappa shape index (κ3) is 5.47. The van der Waals surface area contributed by atoms with Crippen molar-refractivity contribution in [2.45, 2.75) is 25.2 Å². The number of carbonyl (C=O) groups excluding carboxylic acids is 3. The molecular weight excluding hydrogens is 417 g/mol. The van der Waals surface area contributed by atoms with Crippen LogP contribution in [0.3, 0.4) is 0 Å². The number of amides is 2. The number of alkyl halides is 3. The molecule has 0 aliphatic carbocycles. The lowest BCUT2D eigenvalue weighted by atomic mass is 10.1. The summed E-state index contributed by atoms with van der Waals surface area (Å²) in [6.07, 6.45) is -3.73. The number of aryl methyl sites for hydroxylation is 1. The zero-order valence-corrected chi connectivity index (χ0v) is 15.9. The van der Waals surface area contributed by atoms with Gasteiger partial charge in [0.05, 0.1) is 12.4 Å². The molecule has 2 amide bonds. The number of anilines is 1. The van der Waals surface area contributed by atoms with E-state index in [4.69, 9.17) is 14.9 Å². The number of carbonyl (C=O) groups is 3. The normalized spacial score (nSPS) is 11.2. The molecule has 0 saturated carbocycles. The minimum Gasteiger partial charge on any atom is -0.462 e. The standard InChI is InChI=1S/C16H15F3N4O5S/c1-3-27-14(26)10-7(2)28-13(11(10)12(20)25)23-9(24)6-29-15-21-5-4-8(22-15)16(17,18)19/h4-5H,3,6H2,1-2H3,(H2,20,25)(H,23,24). The van der Waals surface area contributed by atoms with Crippen LogP contribution >= 0.6 is 11.8 Å². The van der Waals surface area contributed by atoms with Gasteiger partial charge in [-0.15, -0.1) is 0 Å². The molecule has 3 N–H and O–H groups in total. The molecule has 0 radical (unpaired) electrons. The topological polar surface area (TPSA) is 137 Å². The van der Waals surface area contributed by atoms with E-state index in [0.717, 1.165) is 6.20 Å². The van der Waals surface area contributed by atoms with Crippen LogP contribution < -0.4 is 11.1 Å². The van der Waals surface area contributed by atoms with Crippen molar-refractivity contribution < 1.29 is 36.7 Å². The van der Waals surface area contributed by atoms with Crippen LogP contribution in [0.15, 0.2) is 21.8 Å². The van der Waals surface area contributed by atoms with Gasteiger partial charge in [0, 0.05) is 6.20 Å². The zero-order chi connectivity index (χ0) is 21.8. The highest BCUT2D eigenvalue weighted by molar-refractivity contribution is 7.99. The minimum absolute atomic E-state index is 0.00131. The van der Waals surface area contributed by atoms with Crippen molar-refractivity contribution in [3.05, 3.63) is 34.8 Å². The van der Waals surface area contributed by atoms with E-state index in [9.17, 15) is 27.6 Å². The number of primary amides is 1. The summed E-state index contributed by atoms with van der Waals surface area (Å²) in [6.45, 7) is 2.98. The monoisotopic (exact) mass is 432 g/mol. The highest BCUT2D eigenvalue weighted by Gasteiger charge is 2.33. The van der Waals surface area contributed by atoms with Gasteiger partial charge in [0.2, 0.25) is 11.8 Å². The Morgan fingerprint density at radius 2 is 2.00 bits per heavy atom. The number of hydrogen-bond donors (Lipinski definition) is 2.